The molecule has 1 aromatic heterocycles. The molecule has 0 saturated heterocycles. The number of hydrogen-bond acceptors (Lipinski definition) is 8. The summed E-state index contributed by atoms with van der Waals surface area (Å²) in [7, 11) is -4.27. The predicted molar refractivity (Wildman–Crippen MR) is 67.4 cm³/mol. The van der Waals surface area contributed by atoms with Crippen molar-refractivity contribution in [2.45, 2.75) is 11.8 Å². The monoisotopic (exact) mass is 299 g/mol. The van der Waals surface area contributed by atoms with Crippen LogP contribution in [0, 0.1) is 17.0 Å². The fourth-order valence-corrected chi connectivity index (χ4v) is 2.59. The summed E-state index contributed by atoms with van der Waals surface area (Å²) in [5.41, 5.74) is 4.46. The summed E-state index contributed by atoms with van der Waals surface area (Å²) in [6.45, 7) is 1.49. The van der Waals surface area contributed by atoms with Crippen LogP contribution in [-0.4, -0.2) is 23.5 Å². The van der Waals surface area contributed by atoms with Crippen molar-refractivity contribution in [2.75, 3.05) is 10.5 Å². The van der Waals surface area contributed by atoms with E-state index >= 15 is 0 Å². The van der Waals surface area contributed by atoms with Gasteiger partial charge in [-0.05, 0) is 19.1 Å². The van der Waals surface area contributed by atoms with E-state index < -0.39 is 25.5 Å². The predicted octanol–water partition coefficient (Wildman–Crippen LogP) is 0.669. The quantitative estimate of drug-likeness (QED) is 0.474. The average molecular weight is 299 g/mol. The number of nitro benzene ring substituents is 1. The molecule has 0 aliphatic heterocycles. The second-order valence-corrected chi connectivity index (χ2v) is 5.35. The van der Waals surface area contributed by atoms with Gasteiger partial charge in [0.25, 0.3) is 10.0 Å². The van der Waals surface area contributed by atoms with Crippen LogP contribution in [0.4, 0.5) is 17.4 Å². The molecule has 0 aliphatic carbocycles. The van der Waals surface area contributed by atoms with Crippen LogP contribution in [0.3, 0.4) is 0 Å². The molecule has 0 bridgehead atoms. The lowest BCUT2D eigenvalue weighted by Gasteiger charge is -2.06. The summed E-state index contributed by atoms with van der Waals surface area (Å²) in [6.07, 6.45) is 0. The van der Waals surface area contributed by atoms with Gasteiger partial charge in [0.15, 0.2) is 10.7 Å². The van der Waals surface area contributed by atoms with Gasteiger partial charge < -0.3 is 10.3 Å². The minimum atomic E-state index is -4.27. The standard InChI is InChI=1S/C9H9N5O5S/c1-5-11-9(19-12-5)13-20(17,18)7-4-2-3-6(10)8(7)14(15)16/h2-4H,10H2,1H3,(H,11,12,13). The van der Waals surface area contributed by atoms with Gasteiger partial charge >= 0.3 is 11.7 Å². The van der Waals surface area contributed by atoms with Gasteiger partial charge in [-0.1, -0.05) is 11.2 Å². The molecule has 2 rings (SSSR count). The van der Waals surface area contributed by atoms with Crippen LogP contribution < -0.4 is 10.5 Å². The zero-order valence-electron chi connectivity index (χ0n) is 10.1. The Bertz CT molecular complexity index is 769. The number of nitrogens with zero attached hydrogens (tertiary/aromatic N) is 3. The molecule has 0 saturated carbocycles. The maximum Gasteiger partial charge on any atom is 0.335 e. The molecular formula is C9H9N5O5S. The first-order chi connectivity index (χ1) is 9.31. The van der Waals surface area contributed by atoms with E-state index in [1.807, 2.05) is 4.72 Å². The molecule has 0 spiro atoms. The SMILES string of the molecule is Cc1noc(NS(=O)(=O)c2cccc(N)c2[N+](=O)[O-])n1. The van der Waals surface area contributed by atoms with Crippen LogP contribution in [0.1, 0.15) is 5.82 Å². The van der Waals surface area contributed by atoms with Crippen LogP contribution in [0.5, 0.6) is 0 Å². The maximum absolute atomic E-state index is 12.1. The number of para-hydroxylation sites is 1. The Morgan fingerprint density at radius 2 is 2.15 bits per heavy atom. The topological polar surface area (TPSA) is 154 Å². The molecular weight excluding hydrogens is 290 g/mol. The van der Waals surface area contributed by atoms with E-state index in [-0.39, 0.29) is 17.5 Å². The fourth-order valence-electron chi connectivity index (χ4n) is 1.46. The minimum absolute atomic E-state index is 0.213. The van der Waals surface area contributed by atoms with Crippen LogP contribution in [0.2, 0.25) is 0 Å². The van der Waals surface area contributed by atoms with Crippen molar-refractivity contribution in [2.24, 2.45) is 0 Å². The summed E-state index contributed by atoms with van der Waals surface area (Å²) in [4.78, 5) is 13.1. The first-order valence-corrected chi connectivity index (χ1v) is 6.65. The van der Waals surface area contributed by atoms with E-state index in [4.69, 9.17) is 5.73 Å². The fraction of sp³-hybridized carbons (Fsp3) is 0.111. The second-order valence-electron chi connectivity index (χ2n) is 3.70. The van der Waals surface area contributed by atoms with Crippen LogP contribution in [-0.2, 0) is 10.0 Å². The summed E-state index contributed by atoms with van der Waals surface area (Å²) in [5.74, 6) is 0.213. The Labute approximate surface area is 112 Å². The lowest BCUT2D eigenvalue weighted by molar-refractivity contribution is -0.386. The molecule has 20 heavy (non-hydrogen) atoms. The highest BCUT2D eigenvalue weighted by atomic mass is 32.2. The molecule has 0 amide bonds. The number of aryl methyl sites for hydroxylation is 1. The van der Waals surface area contributed by atoms with E-state index in [9.17, 15) is 18.5 Å². The van der Waals surface area contributed by atoms with Crippen LogP contribution in [0.15, 0.2) is 27.6 Å². The van der Waals surface area contributed by atoms with Gasteiger partial charge in [0, 0.05) is 0 Å². The van der Waals surface area contributed by atoms with E-state index in [0.29, 0.717) is 0 Å². The third-order valence-corrected chi connectivity index (χ3v) is 3.60. The number of nitrogen functional groups attached to an aromatic ring is 1. The van der Waals surface area contributed by atoms with E-state index in [0.717, 1.165) is 6.07 Å². The number of sulfonamides is 1. The second kappa shape index (κ2) is 4.77. The molecule has 0 unspecified atom stereocenters. The van der Waals surface area contributed by atoms with Crippen molar-refractivity contribution in [1.82, 2.24) is 10.1 Å². The van der Waals surface area contributed by atoms with Gasteiger partial charge in [-0.25, -0.2) is 13.1 Å². The van der Waals surface area contributed by atoms with E-state index in [2.05, 4.69) is 14.7 Å². The Morgan fingerprint density at radius 3 is 2.70 bits per heavy atom. The van der Waals surface area contributed by atoms with Crippen molar-refractivity contribution in [3.05, 3.63) is 34.1 Å². The van der Waals surface area contributed by atoms with Gasteiger partial charge in [-0.2, -0.15) is 4.98 Å². The molecule has 11 heteroatoms. The highest BCUT2D eigenvalue weighted by Crippen LogP contribution is 2.30. The number of nitro groups is 1. The summed E-state index contributed by atoms with van der Waals surface area (Å²) < 4.78 is 30.7. The molecule has 0 radical (unpaired) electrons. The average Bonchev–Trinajstić information content (AvgIpc) is 2.73. The van der Waals surface area contributed by atoms with Crippen molar-refractivity contribution in [1.29, 1.82) is 0 Å². The number of benzene rings is 1. The Kier molecular flexibility index (Phi) is 3.28. The highest BCUT2D eigenvalue weighted by molar-refractivity contribution is 7.92. The van der Waals surface area contributed by atoms with Crippen molar-refractivity contribution >= 4 is 27.4 Å². The van der Waals surface area contributed by atoms with Gasteiger partial charge in [0.2, 0.25) is 0 Å². The van der Waals surface area contributed by atoms with Crippen LogP contribution in [0.25, 0.3) is 0 Å². The highest BCUT2D eigenvalue weighted by Gasteiger charge is 2.29. The normalized spacial score (nSPS) is 11.2. The molecule has 10 nitrogen and oxygen atoms in total. The molecule has 0 fully saturated rings. The van der Waals surface area contributed by atoms with Crippen molar-refractivity contribution in [3.8, 4) is 0 Å². The van der Waals surface area contributed by atoms with Gasteiger partial charge in [-0.3, -0.25) is 10.1 Å². The molecule has 1 aromatic carbocycles. The lowest BCUT2D eigenvalue weighted by Crippen LogP contribution is -2.15. The summed E-state index contributed by atoms with van der Waals surface area (Å²) in [5, 5.41) is 14.3. The molecule has 2 aromatic rings. The third kappa shape index (κ3) is 2.51. The molecule has 0 atom stereocenters. The van der Waals surface area contributed by atoms with Gasteiger partial charge in [0.05, 0.1) is 4.92 Å². The summed E-state index contributed by atoms with van der Waals surface area (Å²) >= 11 is 0. The largest absolute Gasteiger partial charge is 0.393 e. The molecule has 0 aliphatic rings. The molecule has 1 heterocycles. The zero-order valence-corrected chi connectivity index (χ0v) is 10.9. The maximum atomic E-state index is 12.1. The lowest BCUT2D eigenvalue weighted by atomic mass is 10.3. The summed E-state index contributed by atoms with van der Waals surface area (Å²) in [6, 6.07) is 3.18. The molecule has 3 N–H and O–H groups in total. The number of anilines is 2. The number of aromatic nitrogens is 2. The van der Waals surface area contributed by atoms with E-state index in [1.54, 1.807) is 0 Å². The van der Waals surface area contributed by atoms with Gasteiger partial charge in [-0.15, -0.1) is 0 Å². The van der Waals surface area contributed by atoms with Crippen molar-refractivity contribution in [3.63, 3.8) is 0 Å². The van der Waals surface area contributed by atoms with Crippen molar-refractivity contribution < 1.29 is 17.9 Å². The Hall–Kier alpha value is -2.69. The van der Waals surface area contributed by atoms with Gasteiger partial charge in [0.1, 0.15) is 5.69 Å². The third-order valence-electron chi connectivity index (χ3n) is 2.25. The Morgan fingerprint density at radius 1 is 1.45 bits per heavy atom. The number of rotatable bonds is 4. The smallest absolute Gasteiger partial charge is 0.335 e. The zero-order chi connectivity index (χ0) is 14.9. The number of hydrogen-bond donors (Lipinski definition) is 2. The van der Waals surface area contributed by atoms with Crippen LogP contribution >= 0.6 is 0 Å². The number of nitrogens with one attached hydrogen (secondary N) is 1. The first-order valence-electron chi connectivity index (χ1n) is 5.17. The van der Waals surface area contributed by atoms with E-state index in [1.165, 1.54) is 19.1 Å². The first kappa shape index (κ1) is 13.7. The molecule has 106 valence electrons. The minimum Gasteiger partial charge on any atom is -0.393 e. The number of nitrogens with two attached hydrogens (primary N) is 1. The Balaban J connectivity index is 2.50.